The molecule has 0 atom stereocenters. The average Bonchev–Trinajstić information content (AvgIpc) is 2.37. The van der Waals surface area contributed by atoms with Crippen LogP contribution in [0.15, 0.2) is 10.8 Å². The average molecular weight is 155 g/mol. The first-order valence-corrected chi connectivity index (χ1v) is 3.35. The fourth-order valence-electron chi connectivity index (χ4n) is 0.576. The van der Waals surface area contributed by atoms with Crippen molar-refractivity contribution in [1.82, 2.24) is 5.16 Å². The number of rotatable bonds is 2. The second kappa shape index (κ2) is 3.18. The maximum absolute atomic E-state index is 10.7. The molecular formula is C7H9NO3. The maximum Gasteiger partial charge on any atom is 0.311 e. The van der Waals surface area contributed by atoms with Crippen LogP contribution < -0.4 is 4.74 Å². The van der Waals surface area contributed by atoms with Gasteiger partial charge in [0, 0.05) is 6.42 Å². The summed E-state index contributed by atoms with van der Waals surface area (Å²) in [6.45, 7) is 3.44. The Balaban J connectivity index is 2.64. The van der Waals surface area contributed by atoms with Gasteiger partial charge in [0.25, 0.3) is 0 Å². The molecule has 1 aromatic rings. The molecule has 1 aromatic heterocycles. The molecule has 0 saturated carbocycles. The van der Waals surface area contributed by atoms with Crippen molar-refractivity contribution >= 4 is 5.97 Å². The van der Waals surface area contributed by atoms with Crippen molar-refractivity contribution in [1.29, 1.82) is 0 Å². The zero-order valence-corrected chi connectivity index (χ0v) is 6.46. The van der Waals surface area contributed by atoms with Crippen molar-refractivity contribution in [2.75, 3.05) is 0 Å². The van der Waals surface area contributed by atoms with Crippen LogP contribution in [0.2, 0.25) is 0 Å². The van der Waals surface area contributed by atoms with Gasteiger partial charge in [-0.1, -0.05) is 12.1 Å². The maximum atomic E-state index is 10.7. The Kier molecular flexibility index (Phi) is 2.25. The summed E-state index contributed by atoms with van der Waals surface area (Å²) in [5.41, 5.74) is 0.590. The molecule has 0 unspecified atom stereocenters. The Morgan fingerprint density at radius 1 is 1.82 bits per heavy atom. The molecule has 0 radical (unpaired) electrons. The van der Waals surface area contributed by atoms with Crippen LogP contribution in [0.25, 0.3) is 0 Å². The van der Waals surface area contributed by atoms with Crippen LogP contribution in [0.4, 0.5) is 0 Å². The van der Waals surface area contributed by atoms with E-state index in [-0.39, 0.29) is 5.97 Å². The van der Waals surface area contributed by atoms with Gasteiger partial charge in [0.05, 0.1) is 0 Å². The fraction of sp³-hybridized carbons (Fsp3) is 0.429. The molecule has 1 rings (SSSR count). The highest BCUT2D eigenvalue weighted by atomic mass is 16.6. The van der Waals surface area contributed by atoms with Crippen LogP contribution in [-0.4, -0.2) is 11.1 Å². The Morgan fingerprint density at radius 3 is 3.00 bits per heavy atom. The Hall–Kier alpha value is -1.32. The largest absolute Gasteiger partial charge is 0.421 e. The molecule has 0 aliphatic heterocycles. The molecule has 0 aliphatic carbocycles. The van der Waals surface area contributed by atoms with E-state index in [0.29, 0.717) is 17.9 Å². The van der Waals surface area contributed by atoms with Crippen LogP contribution in [0.5, 0.6) is 5.75 Å². The van der Waals surface area contributed by atoms with Crippen LogP contribution in [0.3, 0.4) is 0 Å². The van der Waals surface area contributed by atoms with Crippen LogP contribution in [0, 0.1) is 6.92 Å². The molecule has 0 amide bonds. The highest BCUT2D eigenvalue weighted by Crippen LogP contribution is 2.14. The van der Waals surface area contributed by atoms with E-state index >= 15 is 0 Å². The number of aromatic nitrogens is 1. The standard InChI is InChI=1S/C7H9NO3/c1-3-7(9)11-6-4-10-8-5(6)2/h4H,3H2,1-2H3. The predicted molar refractivity (Wildman–Crippen MR) is 37.2 cm³/mol. The minimum Gasteiger partial charge on any atom is -0.421 e. The van der Waals surface area contributed by atoms with Gasteiger partial charge in [-0.2, -0.15) is 0 Å². The minimum absolute atomic E-state index is 0.281. The van der Waals surface area contributed by atoms with Gasteiger partial charge in [-0.25, -0.2) is 0 Å². The highest BCUT2D eigenvalue weighted by Gasteiger charge is 2.07. The van der Waals surface area contributed by atoms with Crippen LogP contribution in [-0.2, 0) is 4.79 Å². The van der Waals surface area contributed by atoms with E-state index in [9.17, 15) is 4.79 Å². The summed E-state index contributed by atoms with van der Waals surface area (Å²) >= 11 is 0. The number of hydrogen-bond acceptors (Lipinski definition) is 4. The number of esters is 1. The van der Waals surface area contributed by atoms with E-state index in [4.69, 9.17) is 4.74 Å². The molecule has 0 spiro atoms. The summed E-state index contributed by atoms with van der Waals surface area (Å²) in [5, 5.41) is 3.55. The van der Waals surface area contributed by atoms with Gasteiger partial charge in [0.15, 0.2) is 12.0 Å². The van der Waals surface area contributed by atoms with Gasteiger partial charge in [-0.05, 0) is 6.92 Å². The third-order valence-electron chi connectivity index (χ3n) is 1.22. The minimum atomic E-state index is -0.281. The summed E-state index contributed by atoms with van der Waals surface area (Å²) in [4.78, 5) is 10.7. The van der Waals surface area contributed by atoms with Gasteiger partial charge in [0.1, 0.15) is 5.69 Å². The summed E-state index contributed by atoms with van der Waals surface area (Å²) in [5.74, 6) is 0.119. The highest BCUT2D eigenvalue weighted by molar-refractivity contribution is 5.71. The molecule has 11 heavy (non-hydrogen) atoms. The number of aryl methyl sites for hydroxylation is 1. The molecule has 0 bridgehead atoms. The predicted octanol–water partition coefficient (Wildman–Crippen LogP) is 1.30. The second-order valence-corrected chi connectivity index (χ2v) is 2.09. The van der Waals surface area contributed by atoms with Crippen molar-refractivity contribution in [2.24, 2.45) is 0 Å². The summed E-state index contributed by atoms with van der Waals surface area (Å²) in [6.07, 6.45) is 1.66. The van der Waals surface area contributed by atoms with Crippen LogP contribution >= 0.6 is 0 Å². The molecule has 0 aliphatic rings. The molecule has 60 valence electrons. The number of nitrogens with zero attached hydrogens (tertiary/aromatic N) is 1. The lowest BCUT2D eigenvalue weighted by Crippen LogP contribution is -2.05. The smallest absolute Gasteiger partial charge is 0.311 e. The third kappa shape index (κ3) is 1.80. The quantitative estimate of drug-likeness (QED) is 0.604. The number of hydrogen-bond donors (Lipinski definition) is 0. The molecule has 0 fully saturated rings. The van der Waals surface area contributed by atoms with Crippen molar-refractivity contribution in [2.45, 2.75) is 20.3 Å². The Labute approximate surface area is 64.1 Å². The Morgan fingerprint density at radius 2 is 2.55 bits per heavy atom. The summed E-state index contributed by atoms with van der Waals surface area (Å²) in [6, 6.07) is 0. The summed E-state index contributed by atoms with van der Waals surface area (Å²) < 4.78 is 9.40. The van der Waals surface area contributed by atoms with E-state index in [1.807, 2.05) is 0 Å². The SMILES string of the molecule is CCC(=O)Oc1conc1C. The number of ether oxygens (including phenoxy) is 1. The first-order chi connectivity index (χ1) is 5.24. The topological polar surface area (TPSA) is 52.3 Å². The lowest BCUT2D eigenvalue weighted by Gasteiger charge is -1.96. The fourth-order valence-corrected chi connectivity index (χ4v) is 0.576. The lowest BCUT2D eigenvalue weighted by molar-refractivity contribution is -0.134. The number of carbonyl (C=O) groups excluding carboxylic acids is 1. The van der Waals surface area contributed by atoms with Gasteiger partial charge in [-0.15, -0.1) is 0 Å². The van der Waals surface area contributed by atoms with Gasteiger partial charge in [-0.3, -0.25) is 4.79 Å². The molecule has 1 heterocycles. The third-order valence-corrected chi connectivity index (χ3v) is 1.22. The molecule has 0 saturated heterocycles. The van der Waals surface area contributed by atoms with E-state index in [1.54, 1.807) is 13.8 Å². The molecule has 0 N–H and O–H groups in total. The van der Waals surface area contributed by atoms with E-state index < -0.39 is 0 Å². The van der Waals surface area contributed by atoms with Crippen LogP contribution in [0.1, 0.15) is 19.0 Å². The van der Waals surface area contributed by atoms with Gasteiger partial charge < -0.3 is 9.26 Å². The van der Waals surface area contributed by atoms with Gasteiger partial charge >= 0.3 is 5.97 Å². The van der Waals surface area contributed by atoms with Crippen molar-refractivity contribution in [3.63, 3.8) is 0 Å². The molecular weight excluding hydrogens is 146 g/mol. The Bertz CT molecular complexity index is 254. The van der Waals surface area contributed by atoms with Gasteiger partial charge in [0.2, 0.25) is 0 Å². The normalized spacial score (nSPS) is 9.64. The molecule has 4 heteroatoms. The lowest BCUT2D eigenvalue weighted by atomic mass is 10.4. The zero-order valence-electron chi connectivity index (χ0n) is 6.46. The first kappa shape index (κ1) is 7.78. The van der Waals surface area contributed by atoms with E-state index in [2.05, 4.69) is 9.68 Å². The monoisotopic (exact) mass is 155 g/mol. The first-order valence-electron chi connectivity index (χ1n) is 3.35. The molecule has 4 nitrogen and oxygen atoms in total. The van der Waals surface area contributed by atoms with E-state index in [1.165, 1.54) is 6.26 Å². The van der Waals surface area contributed by atoms with Crippen molar-refractivity contribution in [3.05, 3.63) is 12.0 Å². The number of carbonyl (C=O) groups is 1. The van der Waals surface area contributed by atoms with Crippen molar-refractivity contribution in [3.8, 4) is 5.75 Å². The zero-order chi connectivity index (χ0) is 8.27. The summed E-state index contributed by atoms with van der Waals surface area (Å²) in [7, 11) is 0. The second-order valence-electron chi connectivity index (χ2n) is 2.09. The van der Waals surface area contributed by atoms with Crippen molar-refractivity contribution < 1.29 is 14.1 Å². The van der Waals surface area contributed by atoms with E-state index in [0.717, 1.165) is 0 Å². The molecule has 0 aromatic carbocycles.